The zero-order valence-corrected chi connectivity index (χ0v) is 16.3. The lowest BCUT2D eigenvalue weighted by molar-refractivity contribution is -0.116. The van der Waals surface area contributed by atoms with Crippen molar-refractivity contribution in [2.24, 2.45) is 0 Å². The predicted octanol–water partition coefficient (Wildman–Crippen LogP) is 3.78. The molecule has 0 fully saturated rings. The number of thiazole rings is 1. The van der Waals surface area contributed by atoms with Crippen LogP contribution >= 0.6 is 11.3 Å². The largest absolute Gasteiger partial charge is 0.300 e. The number of amides is 1. The molecule has 28 heavy (non-hydrogen) atoms. The quantitative estimate of drug-likeness (QED) is 0.575. The van der Waals surface area contributed by atoms with Gasteiger partial charge in [0, 0.05) is 11.6 Å². The number of anilines is 1. The second-order valence-corrected chi connectivity index (χ2v) is 7.68. The van der Waals surface area contributed by atoms with E-state index in [0.29, 0.717) is 10.8 Å². The van der Waals surface area contributed by atoms with Gasteiger partial charge in [-0.1, -0.05) is 47.2 Å². The van der Waals surface area contributed by atoms with Crippen molar-refractivity contribution >= 4 is 32.6 Å². The summed E-state index contributed by atoms with van der Waals surface area (Å²) in [6, 6.07) is 15.2. The van der Waals surface area contributed by atoms with Crippen LogP contribution in [-0.4, -0.2) is 20.4 Å². The number of fused-ring (bicyclic) bond motifs is 1. The fourth-order valence-corrected chi connectivity index (χ4v) is 3.81. The summed E-state index contributed by atoms with van der Waals surface area (Å²) >= 11 is 1.41. The third kappa shape index (κ3) is 3.84. The first kappa shape index (κ1) is 18.1. The summed E-state index contributed by atoms with van der Waals surface area (Å²) in [6.07, 6.45) is 1.40. The standard InChI is InChI=1S/C21H18N4O2S/c1-13-3-6-15(7-4-13)17-10-20(27)25(12-22-17)11-19(26)24-21-23-16-8-5-14(2)9-18(16)28-21/h3-10,12H,11H2,1-2H3,(H,23,24,26). The molecule has 2 aromatic heterocycles. The molecule has 7 heteroatoms. The Morgan fingerprint density at radius 3 is 2.57 bits per heavy atom. The maximum atomic E-state index is 12.4. The van der Waals surface area contributed by atoms with Crippen molar-refractivity contribution in [3.63, 3.8) is 0 Å². The molecule has 0 aliphatic heterocycles. The number of aromatic nitrogens is 3. The molecule has 4 aromatic rings. The lowest BCUT2D eigenvalue weighted by Crippen LogP contribution is -2.27. The summed E-state index contributed by atoms with van der Waals surface area (Å²) in [7, 11) is 0. The van der Waals surface area contributed by atoms with Crippen molar-refractivity contribution in [2.75, 3.05) is 5.32 Å². The summed E-state index contributed by atoms with van der Waals surface area (Å²) in [5.41, 5.74) is 4.29. The zero-order chi connectivity index (χ0) is 19.7. The summed E-state index contributed by atoms with van der Waals surface area (Å²) in [6.45, 7) is 3.90. The van der Waals surface area contributed by atoms with Crippen LogP contribution < -0.4 is 10.9 Å². The van der Waals surface area contributed by atoms with Gasteiger partial charge in [-0.05, 0) is 31.5 Å². The van der Waals surface area contributed by atoms with Gasteiger partial charge in [-0.2, -0.15) is 0 Å². The van der Waals surface area contributed by atoms with E-state index in [1.807, 2.05) is 56.3 Å². The zero-order valence-electron chi connectivity index (χ0n) is 15.5. The number of benzene rings is 2. The normalized spacial score (nSPS) is 10.9. The average molecular weight is 390 g/mol. The van der Waals surface area contributed by atoms with Gasteiger partial charge < -0.3 is 5.32 Å². The number of nitrogens with one attached hydrogen (secondary N) is 1. The van der Waals surface area contributed by atoms with Gasteiger partial charge >= 0.3 is 0 Å². The molecule has 0 spiro atoms. The highest BCUT2D eigenvalue weighted by molar-refractivity contribution is 7.22. The first-order valence-electron chi connectivity index (χ1n) is 8.78. The van der Waals surface area contributed by atoms with Crippen LogP contribution in [0.15, 0.2) is 59.7 Å². The van der Waals surface area contributed by atoms with Crippen LogP contribution in [0.3, 0.4) is 0 Å². The second kappa shape index (κ2) is 7.36. The van der Waals surface area contributed by atoms with E-state index >= 15 is 0 Å². The van der Waals surface area contributed by atoms with Gasteiger partial charge in [-0.15, -0.1) is 0 Å². The van der Waals surface area contributed by atoms with Gasteiger partial charge in [-0.3, -0.25) is 14.2 Å². The van der Waals surface area contributed by atoms with E-state index in [1.54, 1.807) is 0 Å². The Morgan fingerprint density at radius 1 is 1.07 bits per heavy atom. The summed E-state index contributed by atoms with van der Waals surface area (Å²) in [5, 5.41) is 3.28. The highest BCUT2D eigenvalue weighted by Crippen LogP contribution is 2.26. The summed E-state index contributed by atoms with van der Waals surface area (Å²) < 4.78 is 2.29. The van der Waals surface area contributed by atoms with Gasteiger partial charge in [0.2, 0.25) is 5.91 Å². The molecule has 140 valence electrons. The Labute approximate surface area is 165 Å². The molecule has 0 saturated carbocycles. The molecular formula is C21H18N4O2S. The predicted molar refractivity (Wildman–Crippen MR) is 112 cm³/mol. The van der Waals surface area contributed by atoms with Crippen molar-refractivity contribution in [1.29, 1.82) is 0 Å². The van der Waals surface area contributed by atoms with Crippen molar-refractivity contribution in [1.82, 2.24) is 14.5 Å². The van der Waals surface area contributed by atoms with Crippen molar-refractivity contribution in [2.45, 2.75) is 20.4 Å². The van der Waals surface area contributed by atoms with E-state index in [1.165, 1.54) is 28.3 Å². The van der Waals surface area contributed by atoms with Crippen LogP contribution in [0.4, 0.5) is 5.13 Å². The lowest BCUT2D eigenvalue weighted by Gasteiger charge is -2.06. The molecule has 0 aliphatic rings. The van der Waals surface area contributed by atoms with Crippen LogP contribution in [0.25, 0.3) is 21.5 Å². The van der Waals surface area contributed by atoms with E-state index in [4.69, 9.17) is 0 Å². The van der Waals surface area contributed by atoms with Gasteiger partial charge in [0.25, 0.3) is 5.56 Å². The molecule has 0 saturated heterocycles. The van der Waals surface area contributed by atoms with Gasteiger partial charge in [0.05, 0.1) is 22.2 Å². The molecule has 0 atom stereocenters. The van der Waals surface area contributed by atoms with Gasteiger partial charge in [0.1, 0.15) is 6.54 Å². The van der Waals surface area contributed by atoms with Crippen LogP contribution in [0.5, 0.6) is 0 Å². The van der Waals surface area contributed by atoms with Crippen LogP contribution in [-0.2, 0) is 11.3 Å². The van der Waals surface area contributed by atoms with Gasteiger partial charge in [0.15, 0.2) is 5.13 Å². The number of carbonyl (C=O) groups is 1. The topological polar surface area (TPSA) is 76.9 Å². The minimum atomic E-state index is -0.317. The van der Waals surface area contributed by atoms with Gasteiger partial charge in [-0.25, -0.2) is 9.97 Å². The minimum Gasteiger partial charge on any atom is -0.300 e. The Morgan fingerprint density at radius 2 is 1.82 bits per heavy atom. The highest BCUT2D eigenvalue weighted by Gasteiger charge is 2.10. The third-order valence-electron chi connectivity index (χ3n) is 4.33. The molecule has 2 heterocycles. The Hall–Kier alpha value is -3.32. The molecule has 0 radical (unpaired) electrons. The third-order valence-corrected chi connectivity index (χ3v) is 5.26. The molecule has 1 N–H and O–H groups in total. The monoisotopic (exact) mass is 390 g/mol. The van der Waals surface area contributed by atoms with E-state index < -0.39 is 0 Å². The number of aryl methyl sites for hydroxylation is 2. The Balaban J connectivity index is 1.49. The molecule has 0 bridgehead atoms. The highest BCUT2D eigenvalue weighted by atomic mass is 32.1. The summed E-state index contributed by atoms with van der Waals surface area (Å²) in [4.78, 5) is 33.4. The number of hydrogen-bond donors (Lipinski definition) is 1. The fourth-order valence-electron chi connectivity index (χ4n) is 2.83. The Bertz CT molecular complexity index is 1230. The van der Waals surface area contributed by atoms with Crippen molar-refractivity contribution in [3.05, 3.63) is 76.3 Å². The SMILES string of the molecule is Cc1ccc(-c2cc(=O)n(CC(=O)Nc3nc4ccc(C)cc4s3)cn2)cc1. The molecule has 1 amide bonds. The molecular weight excluding hydrogens is 372 g/mol. The average Bonchev–Trinajstić information content (AvgIpc) is 3.05. The minimum absolute atomic E-state index is 0.116. The molecule has 4 rings (SSSR count). The lowest BCUT2D eigenvalue weighted by atomic mass is 10.1. The number of hydrogen-bond acceptors (Lipinski definition) is 5. The molecule has 6 nitrogen and oxygen atoms in total. The van der Waals surface area contributed by atoms with E-state index in [9.17, 15) is 9.59 Å². The number of carbonyl (C=O) groups excluding carboxylic acids is 1. The Kier molecular flexibility index (Phi) is 4.75. The maximum absolute atomic E-state index is 12.4. The van der Waals surface area contributed by atoms with Crippen molar-refractivity contribution < 1.29 is 4.79 Å². The van der Waals surface area contributed by atoms with E-state index in [0.717, 1.165) is 26.9 Å². The first-order chi connectivity index (χ1) is 13.5. The second-order valence-electron chi connectivity index (χ2n) is 6.64. The maximum Gasteiger partial charge on any atom is 0.254 e. The summed E-state index contributed by atoms with van der Waals surface area (Å²) in [5.74, 6) is -0.317. The van der Waals surface area contributed by atoms with E-state index in [-0.39, 0.29) is 18.0 Å². The van der Waals surface area contributed by atoms with Crippen LogP contribution in [0.1, 0.15) is 11.1 Å². The van der Waals surface area contributed by atoms with Crippen LogP contribution in [0, 0.1) is 13.8 Å². The molecule has 0 aliphatic carbocycles. The molecule has 0 unspecified atom stereocenters. The fraction of sp³-hybridized carbons (Fsp3) is 0.143. The van der Waals surface area contributed by atoms with Crippen molar-refractivity contribution in [3.8, 4) is 11.3 Å². The first-order valence-corrected chi connectivity index (χ1v) is 9.60. The number of nitrogens with zero attached hydrogens (tertiary/aromatic N) is 3. The van der Waals surface area contributed by atoms with E-state index in [2.05, 4.69) is 15.3 Å². The smallest absolute Gasteiger partial charge is 0.254 e. The number of rotatable bonds is 4. The van der Waals surface area contributed by atoms with Crippen LogP contribution in [0.2, 0.25) is 0 Å². The molecule has 2 aromatic carbocycles.